The quantitative estimate of drug-likeness (QED) is 0.725. The van der Waals surface area contributed by atoms with Gasteiger partial charge in [-0.1, -0.05) is 5.16 Å². The van der Waals surface area contributed by atoms with E-state index in [0.717, 1.165) is 6.42 Å². The van der Waals surface area contributed by atoms with Gasteiger partial charge in [-0.3, -0.25) is 4.79 Å². The first-order chi connectivity index (χ1) is 6.74. The van der Waals surface area contributed by atoms with E-state index in [1.807, 2.05) is 6.92 Å². The van der Waals surface area contributed by atoms with Gasteiger partial charge < -0.3 is 14.9 Å². The summed E-state index contributed by atoms with van der Waals surface area (Å²) in [5.74, 6) is -0.246. The van der Waals surface area contributed by atoms with Crippen molar-refractivity contribution in [2.45, 2.75) is 25.8 Å². The second kappa shape index (κ2) is 5.39. The van der Waals surface area contributed by atoms with E-state index in [0.29, 0.717) is 6.42 Å². The monoisotopic (exact) mass is 198 g/mol. The van der Waals surface area contributed by atoms with Crippen LogP contribution < -0.4 is 5.32 Å². The number of nitrogens with one attached hydrogen (secondary N) is 1. The average molecular weight is 198 g/mol. The molecule has 1 rings (SSSR count). The normalized spacial score (nSPS) is 12.4. The highest BCUT2D eigenvalue weighted by Crippen LogP contribution is 1.99. The summed E-state index contributed by atoms with van der Waals surface area (Å²) in [6, 6.07) is 1.54. The third-order valence-corrected chi connectivity index (χ3v) is 1.84. The van der Waals surface area contributed by atoms with E-state index >= 15 is 0 Å². The van der Waals surface area contributed by atoms with Crippen molar-refractivity contribution >= 4 is 5.91 Å². The van der Waals surface area contributed by atoms with Crippen LogP contribution in [0.4, 0.5) is 0 Å². The number of nitrogens with zero attached hydrogens (tertiary/aromatic N) is 1. The molecule has 0 aliphatic rings. The number of amides is 1. The zero-order valence-corrected chi connectivity index (χ0v) is 8.06. The second-order valence-electron chi connectivity index (χ2n) is 3.13. The number of carbonyl (C=O) groups is 1. The van der Waals surface area contributed by atoms with Gasteiger partial charge in [-0.2, -0.15) is 0 Å². The van der Waals surface area contributed by atoms with Gasteiger partial charge in [0.15, 0.2) is 5.69 Å². The number of hydrogen-bond donors (Lipinski definition) is 2. The fourth-order valence-corrected chi connectivity index (χ4v) is 1.10. The molecule has 1 heterocycles. The van der Waals surface area contributed by atoms with Crippen molar-refractivity contribution in [2.75, 3.05) is 6.61 Å². The van der Waals surface area contributed by atoms with Crippen molar-refractivity contribution in [2.24, 2.45) is 0 Å². The van der Waals surface area contributed by atoms with Crippen molar-refractivity contribution in [3.8, 4) is 0 Å². The fourth-order valence-electron chi connectivity index (χ4n) is 1.10. The lowest BCUT2D eigenvalue weighted by atomic mass is 10.2. The molecule has 14 heavy (non-hydrogen) atoms. The highest BCUT2D eigenvalue weighted by Gasteiger charge is 2.11. The van der Waals surface area contributed by atoms with Gasteiger partial charge >= 0.3 is 0 Å². The lowest BCUT2D eigenvalue weighted by Crippen LogP contribution is -2.32. The van der Waals surface area contributed by atoms with Crippen molar-refractivity contribution < 1.29 is 14.4 Å². The summed E-state index contributed by atoms with van der Waals surface area (Å²) in [7, 11) is 0. The number of hydrogen-bond acceptors (Lipinski definition) is 4. The zero-order chi connectivity index (χ0) is 10.4. The number of rotatable bonds is 5. The van der Waals surface area contributed by atoms with Gasteiger partial charge in [0.2, 0.25) is 0 Å². The lowest BCUT2D eigenvalue weighted by molar-refractivity contribution is 0.0927. The van der Waals surface area contributed by atoms with Gasteiger partial charge in [-0.05, 0) is 19.8 Å². The van der Waals surface area contributed by atoms with E-state index in [1.165, 1.54) is 12.3 Å². The van der Waals surface area contributed by atoms with Gasteiger partial charge in [0.05, 0.1) is 0 Å². The fraction of sp³-hybridized carbons (Fsp3) is 0.556. The number of aliphatic hydroxyl groups is 1. The van der Waals surface area contributed by atoms with E-state index < -0.39 is 0 Å². The standard InChI is InChI=1S/C9H14N2O3/c1-7(3-2-5-12)10-9(13)8-4-6-14-11-8/h4,6-7,12H,2-3,5H2,1H3,(H,10,13). The maximum atomic E-state index is 11.4. The summed E-state index contributed by atoms with van der Waals surface area (Å²) in [4.78, 5) is 11.4. The average Bonchev–Trinajstić information content (AvgIpc) is 2.67. The van der Waals surface area contributed by atoms with E-state index in [1.54, 1.807) is 0 Å². The molecule has 0 aromatic carbocycles. The third kappa shape index (κ3) is 3.18. The predicted octanol–water partition coefficient (Wildman–Crippen LogP) is 0.565. The Morgan fingerprint density at radius 1 is 1.79 bits per heavy atom. The molecule has 1 aromatic heterocycles. The zero-order valence-electron chi connectivity index (χ0n) is 8.06. The Bertz CT molecular complexity index is 272. The topological polar surface area (TPSA) is 75.4 Å². The first-order valence-electron chi connectivity index (χ1n) is 4.56. The molecule has 78 valence electrons. The van der Waals surface area contributed by atoms with Crippen LogP contribution >= 0.6 is 0 Å². The van der Waals surface area contributed by atoms with E-state index in [-0.39, 0.29) is 24.2 Å². The van der Waals surface area contributed by atoms with Crippen LogP contribution in [0.3, 0.4) is 0 Å². The summed E-state index contributed by atoms with van der Waals surface area (Å²) >= 11 is 0. The molecule has 0 saturated heterocycles. The van der Waals surface area contributed by atoms with Crippen LogP contribution in [0, 0.1) is 0 Å². The Hall–Kier alpha value is -1.36. The SMILES string of the molecule is CC(CCCO)NC(=O)c1ccon1. The van der Waals surface area contributed by atoms with Gasteiger partial charge in [0, 0.05) is 18.7 Å². The van der Waals surface area contributed by atoms with Crippen LogP contribution in [0.2, 0.25) is 0 Å². The summed E-state index contributed by atoms with van der Waals surface area (Å²) in [5.41, 5.74) is 0.279. The highest BCUT2D eigenvalue weighted by atomic mass is 16.5. The molecule has 0 bridgehead atoms. The number of carbonyl (C=O) groups excluding carboxylic acids is 1. The summed E-state index contributed by atoms with van der Waals surface area (Å²) in [5, 5.41) is 14.9. The second-order valence-corrected chi connectivity index (χ2v) is 3.13. The molecule has 1 unspecified atom stereocenters. The Labute approximate surface area is 82.1 Å². The Balaban J connectivity index is 2.34. The van der Waals surface area contributed by atoms with Crippen LogP contribution in [0.15, 0.2) is 16.9 Å². The molecular weight excluding hydrogens is 184 g/mol. The predicted molar refractivity (Wildman–Crippen MR) is 49.8 cm³/mol. The van der Waals surface area contributed by atoms with Crippen molar-refractivity contribution in [3.63, 3.8) is 0 Å². The van der Waals surface area contributed by atoms with E-state index in [9.17, 15) is 4.79 Å². The molecule has 0 aliphatic heterocycles. The Kier molecular flexibility index (Phi) is 4.12. The van der Waals surface area contributed by atoms with Crippen LogP contribution in [0.5, 0.6) is 0 Å². The van der Waals surface area contributed by atoms with Crippen LogP contribution in [0.1, 0.15) is 30.3 Å². The van der Waals surface area contributed by atoms with Crippen LogP contribution in [-0.2, 0) is 0 Å². The maximum absolute atomic E-state index is 11.4. The summed E-state index contributed by atoms with van der Waals surface area (Å²) in [6.07, 6.45) is 2.79. The van der Waals surface area contributed by atoms with Crippen LogP contribution in [0.25, 0.3) is 0 Å². The smallest absolute Gasteiger partial charge is 0.273 e. The molecule has 1 atom stereocenters. The molecular formula is C9H14N2O3. The maximum Gasteiger partial charge on any atom is 0.273 e. The van der Waals surface area contributed by atoms with Gasteiger partial charge in [0.25, 0.3) is 5.91 Å². The molecule has 0 aliphatic carbocycles. The van der Waals surface area contributed by atoms with Crippen molar-refractivity contribution in [3.05, 3.63) is 18.0 Å². The van der Waals surface area contributed by atoms with Gasteiger partial charge in [-0.15, -0.1) is 0 Å². The summed E-state index contributed by atoms with van der Waals surface area (Å²) in [6.45, 7) is 2.03. The molecule has 2 N–H and O–H groups in total. The molecule has 5 nitrogen and oxygen atoms in total. The molecule has 0 fully saturated rings. The molecule has 5 heteroatoms. The molecule has 0 radical (unpaired) electrons. The number of aromatic nitrogens is 1. The third-order valence-electron chi connectivity index (χ3n) is 1.84. The molecule has 0 spiro atoms. The largest absolute Gasteiger partial charge is 0.396 e. The molecule has 0 saturated carbocycles. The lowest BCUT2D eigenvalue weighted by Gasteiger charge is -2.11. The first-order valence-corrected chi connectivity index (χ1v) is 4.56. The van der Waals surface area contributed by atoms with Gasteiger partial charge in [0.1, 0.15) is 6.26 Å². The number of aliphatic hydroxyl groups excluding tert-OH is 1. The van der Waals surface area contributed by atoms with E-state index in [4.69, 9.17) is 5.11 Å². The van der Waals surface area contributed by atoms with Crippen molar-refractivity contribution in [1.82, 2.24) is 10.5 Å². The highest BCUT2D eigenvalue weighted by molar-refractivity contribution is 5.92. The minimum absolute atomic E-state index is 0.0337. The van der Waals surface area contributed by atoms with Crippen LogP contribution in [-0.4, -0.2) is 28.8 Å². The molecule has 1 aromatic rings. The van der Waals surface area contributed by atoms with Crippen molar-refractivity contribution in [1.29, 1.82) is 0 Å². The Morgan fingerprint density at radius 3 is 3.14 bits per heavy atom. The Morgan fingerprint density at radius 2 is 2.57 bits per heavy atom. The minimum Gasteiger partial charge on any atom is -0.396 e. The van der Waals surface area contributed by atoms with E-state index in [2.05, 4.69) is 15.0 Å². The minimum atomic E-state index is -0.246. The summed E-state index contributed by atoms with van der Waals surface area (Å²) < 4.78 is 4.55. The van der Waals surface area contributed by atoms with Gasteiger partial charge in [-0.25, -0.2) is 0 Å². The first kappa shape index (κ1) is 10.7. The molecule has 1 amide bonds.